The van der Waals surface area contributed by atoms with Gasteiger partial charge in [-0.15, -0.1) is 0 Å². The number of hydrogen-bond acceptors (Lipinski definition) is 4. The van der Waals surface area contributed by atoms with Crippen molar-refractivity contribution >= 4 is 5.91 Å². The third-order valence-electron chi connectivity index (χ3n) is 5.39. The van der Waals surface area contributed by atoms with Crippen LogP contribution in [0.2, 0.25) is 0 Å². The van der Waals surface area contributed by atoms with E-state index in [1.165, 1.54) is 6.07 Å². The Morgan fingerprint density at radius 1 is 1.00 bits per heavy atom. The second-order valence-electron chi connectivity index (χ2n) is 7.95. The van der Waals surface area contributed by atoms with Gasteiger partial charge in [0, 0.05) is 29.4 Å². The maximum Gasteiger partial charge on any atom is 0.251 e. The molecule has 0 bridgehead atoms. The van der Waals surface area contributed by atoms with E-state index < -0.39 is 0 Å². The van der Waals surface area contributed by atoms with Gasteiger partial charge in [0.25, 0.3) is 5.91 Å². The first kappa shape index (κ1) is 21.2. The highest BCUT2D eigenvalue weighted by atomic mass is 16.3. The van der Waals surface area contributed by atoms with E-state index in [2.05, 4.69) is 10.3 Å². The number of carbonyl (C=O) groups excluding carboxylic acids is 1. The van der Waals surface area contributed by atoms with E-state index in [9.17, 15) is 15.0 Å². The first-order valence-corrected chi connectivity index (χ1v) is 10.4. The number of amides is 1. The molecule has 4 aromatic rings. The van der Waals surface area contributed by atoms with Gasteiger partial charge in [-0.3, -0.25) is 9.36 Å². The molecular weight excluding hydrogens is 402 g/mol. The highest BCUT2D eigenvalue weighted by molar-refractivity contribution is 5.94. The molecule has 0 aliphatic rings. The lowest BCUT2D eigenvalue weighted by Crippen LogP contribution is -2.22. The Morgan fingerprint density at radius 3 is 2.41 bits per heavy atom. The summed E-state index contributed by atoms with van der Waals surface area (Å²) in [6.07, 6.45) is 3.32. The Hall–Kier alpha value is -4.06. The molecule has 6 heteroatoms. The van der Waals surface area contributed by atoms with Gasteiger partial charge >= 0.3 is 0 Å². The van der Waals surface area contributed by atoms with Crippen LogP contribution in [0.4, 0.5) is 0 Å². The predicted molar refractivity (Wildman–Crippen MR) is 124 cm³/mol. The number of benzene rings is 3. The third-order valence-corrected chi connectivity index (χ3v) is 5.39. The summed E-state index contributed by atoms with van der Waals surface area (Å²) in [6.45, 7) is 4.43. The molecule has 0 saturated heterocycles. The smallest absolute Gasteiger partial charge is 0.251 e. The quantitative estimate of drug-likeness (QED) is 0.404. The molecule has 4 rings (SSSR count). The molecule has 0 saturated carbocycles. The van der Waals surface area contributed by atoms with E-state index in [-0.39, 0.29) is 23.3 Å². The van der Waals surface area contributed by atoms with Crippen molar-refractivity contribution in [2.75, 3.05) is 0 Å². The van der Waals surface area contributed by atoms with Crippen LogP contribution in [0.25, 0.3) is 16.9 Å². The van der Waals surface area contributed by atoms with Crippen LogP contribution in [-0.2, 0) is 6.54 Å². The molecule has 1 aromatic heterocycles. The molecule has 0 spiro atoms. The fraction of sp³-hybridized carbons (Fsp3) is 0.154. The van der Waals surface area contributed by atoms with Crippen molar-refractivity contribution in [2.45, 2.75) is 26.3 Å². The zero-order valence-corrected chi connectivity index (χ0v) is 18.0. The molecule has 1 amide bonds. The maximum atomic E-state index is 12.5. The second-order valence-corrected chi connectivity index (χ2v) is 7.95. The summed E-state index contributed by atoms with van der Waals surface area (Å²) in [7, 11) is 0. The predicted octanol–water partition coefficient (Wildman–Crippen LogP) is 5.00. The Kier molecular flexibility index (Phi) is 5.94. The standard InChI is InChI=1S/C26H25N3O3/c1-17(2)21-12-22(25(31)13-24(21)30)23-15-27-16-29(23)20-10-8-19(9-11-20)26(32)28-14-18-6-4-3-5-7-18/h3-13,15-17,30-31H,14H2,1-2H3,(H,28,32). The topological polar surface area (TPSA) is 87.4 Å². The highest BCUT2D eigenvalue weighted by Crippen LogP contribution is 2.38. The number of nitrogens with zero attached hydrogens (tertiary/aromatic N) is 2. The summed E-state index contributed by atoms with van der Waals surface area (Å²) in [4.78, 5) is 16.7. The number of carbonyl (C=O) groups is 1. The SMILES string of the molecule is CC(C)c1cc(-c2cncn2-c2ccc(C(=O)NCc3ccccc3)cc2)c(O)cc1O. The number of phenolic OH excluding ortho intramolecular Hbond substituents is 2. The Balaban J connectivity index is 1.57. The highest BCUT2D eigenvalue weighted by Gasteiger charge is 2.16. The number of aromatic hydroxyl groups is 2. The molecule has 3 aromatic carbocycles. The monoisotopic (exact) mass is 427 g/mol. The van der Waals surface area contributed by atoms with Gasteiger partial charge in [0.1, 0.15) is 11.5 Å². The van der Waals surface area contributed by atoms with Crippen molar-refractivity contribution in [2.24, 2.45) is 0 Å². The summed E-state index contributed by atoms with van der Waals surface area (Å²) in [6, 6.07) is 20.1. The van der Waals surface area contributed by atoms with E-state index >= 15 is 0 Å². The lowest BCUT2D eigenvalue weighted by molar-refractivity contribution is 0.0951. The van der Waals surface area contributed by atoms with Crippen LogP contribution in [-0.4, -0.2) is 25.7 Å². The molecular formula is C26H25N3O3. The van der Waals surface area contributed by atoms with Crippen molar-refractivity contribution < 1.29 is 15.0 Å². The lowest BCUT2D eigenvalue weighted by Gasteiger charge is -2.14. The van der Waals surface area contributed by atoms with Crippen molar-refractivity contribution in [1.29, 1.82) is 0 Å². The molecule has 0 atom stereocenters. The van der Waals surface area contributed by atoms with Crippen molar-refractivity contribution in [3.63, 3.8) is 0 Å². The van der Waals surface area contributed by atoms with E-state index in [0.29, 0.717) is 23.4 Å². The summed E-state index contributed by atoms with van der Waals surface area (Å²) < 4.78 is 1.84. The van der Waals surface area contributed by atoms with Gasteiger partial charge in [-0.1, -0.05) is 44.2 Å². The van der Waals surface area contributed by atoms with Gasteiger partial charge in [0.05, 0.1) is 18.2 Å². The number of nitrogens with one attached hydrogen (secondary N) is 1. The average molecular weight is 428 g/mol. The first-order valence-electron chi connectivity index (χ1n) is 10.4. The minimum atomic E-state index is -0.149. The number of phenols is 2. The van der Waals surface area contributed by atoms with Crippen LogP contribution < -0.4 is 5.32 Å². The number of aromatic nitrogens is 2. The molecule has 1 heterocycles. The molecule has 3 N–H and O–H groups in total. The fourth-order valence-corrected chi connectivity index (χ4v) is 3.62. The first-order chi connectivity index (χ1) is 15.4. The minimum absolute atomic E-state index is 0.0226. The van der Waals surface area contributed by atoms with Crippen molar-refractivity contribution in [1.82, 2.24) is 14.9 Å². The number of rotatable bonds is 6. The van der Waals surface area contributed by atoms with Crippen molar-refractivity contribution in [3.05, 3.63) is 95.9 Å². The van der Waals surface area contributed by atoms with E-state index in [4.69, 9.17) is 0 Å². The van der Waals surface area contributed by atoms with Crippen LogP contribution in [0.1, 0.15) is 41.3 Å². The summed E-state index contributed by atoms with van der Waals surface area (Å²) in [5.41, 5.74) is 4.40. The second kappa shape index (κ2) is 8.98. The van der Waals surface area contributed by atoms with E-state index in [0.717, 1.165) is 16.8 Å². The number of hydrogen-bond donors (Lipinski definition) is 3. The Bertz CT molecular complexity index is 1230. The molecule has 162 valence electrons. The number of imidazole rings is 1. The van der Waals surface area contributed by atoms with E-state index in [1.807, 2.05) is 60.9 Å². The molecule has 6 nitrogen and oxygen atoms in total. The minimum Gasteiger partial charge on any atom is -0.508 e. The summed E-state index contributed by atoms with van der Waals surface area (Å²) in [5.74, 6) is -0.00726. The van der Waals surface area contributed by atoms with Crippen LogP contribution in [0.3, 0.4) is 0 Å². The van der Waals surface area contributed by atoms with Gasteiger partial charge < -0.3 is 15.5 Å². The molecule has 0 aliphatic carbocycles. The molecule has 0 aliphatic heterocycles. The molecule has 0 fully saturated rings. The third kappa shape index (κ3) is 4.34. The van der Waals surface area contributed by atoms with Gasteiger partial charge in [0.15, 0.2) is 0 Å². The Morgan fingerprint density at radius 2 is 1.72 bits per heavy atom. The summed E-state index contributed by atoms with van der Waals surface area (Å²) in [5, 5.41) is 23.5. The molecule has 0 radical (unpaired) electrons. The van der Waals surface area contributed by atoms with Crippen LogP contribution in [0, 0.1) is 0 Å². The van der Waals surface area contributed by atoms with Gasteiger partial charge in [-0.05, 0) is 47.4 Å². The molecule has 0 unspecified atom stereocenters. The summed E-state index contributed by atoms with van der Waals surface area (Å²) >= 11 is 0. The van der Waals surface area contributed by atoms with Gasteiger partial charge in [0.2, 0.25) is 0 Å². The zero-order valence-electron chi connectivity index (χ0n) is 18.0. The normalized spacial score (nSPS) is 11.0. The molecule has 32 heavy (non-hydrogen) atoms. The maximum absolute atomic E-state index is 12.5. The van der Waals surface area contributed by atoms with Crippen molar-refractivity contribution in [3.8, 4) is 28.4 Å². The fourth-order valence-electron chi connectivity index (χ4n) is 3.62. The van der Waals surface area contributed by atoms with Gasteiger partial charge in [-0.25, -0.2) is 4.98 Å². The lowest BCUT2D eigenvalue weighted by atomic mass is 9.97. The van der Waals surface area contributed by atoms with Crippen LogP contribution >= 0.6 is 0 Å². The van der Waals surface area contributed by atoms with Crippen LogP contribution in [0.15, 0.2) is 79.3 Å². The zero-order chi connectivity index (χ0) is 22.7. The Labute approximate surface area is 186 Å². The van der Waals surface area contributed by atoms with Crippen LogP contribution in [0.5, 0.6) is 11.5 Å². The van der Waals surface area contributed by atoms with Gasteiger partial charge in [-0.2, -0.15) is 0 Å². The van der Waals surface area contributed by atoms with E-state index in [1.54, 1.807) is 30.7 Å². The average Bonchev–Trinajstić information content (AvgIpc) is 3.27. The largest absolute Gasteiger partial charge is 0.508 e.